The summed E-state index contributed by atoms with van der Waals surface area (Å²) in [5.41, 5.74) is 0.304. The molecule has 4 nitrogen and oxygen atoms in total. The van der Waals surface area contributed by atoms with Crippen molar-refractivity contribution >= 4 is 45.0 Å². The van der Waals surface area contributed by atoms with Gasteiger partial charge in [-0.25, -0.2) is 13.1 Å². The average Bonchev–Trinajstić information content (AvgIpc) is 2.41. The maximum atomic E-state index is 12.4. The lowest BCUT2D eigenvalue weighted by Crippen LogP contribution is -2.37. The molecule has 1 aromatic rings. The van der Waals surface area contributed by atoms with E-state index in [1.807, 2.05) is 11.8 Å². The Morgan fingerprint density at radius 1 is 1.30 bits per heavy atom. The zero-order chi connectivity index (χ0) is 14.8. The molecule has 2 rings (SSSR count). The number of nitrogens with one attached hydrogen (secondary N) is 1. The fraction of sp³-hybridized carbons (Fsp3) is 0.500. The fourth-order valence-electron chi connectivity index (χ4n) is 2.03. The topological polar surface area (TPSA) is 66.4 Å². The van der Waals surface area contributed by atoms with Crippen LogP contribution in [0.2, 0.25) is 10.0 Å². The molecule has 0 radical (unpaired) electrons. The van der Waals surface area contributed by atoms with Crippen LogP contribution >= 0.6 is 35.0 Å². The van der Waals surface area contributed by atoms with Crippen molar-refractivity contribution < 1.29 is 13.5 Å². The van der Waals surface area contributed by atoms with E-state index in [1.54, 1.807) is 0 Å². The summed E-state index contributed by atoms with van der Waals surface area (Å²) < 4.78 is 27.5. The Balaban J connectivity index is 2.31. The third kappa shape index (κ3) is 3.81. The highest BCUT2D eigenvalue weighted by atomic mass is 35.5. The maximum Gasteiger partial charge on any atom is 0.242 e. The summed E-state index contributed by atoms with van der Waals surface area (Å²) in [6.07, 6.45) is 1.60. The van der Waals surface area contributed by atoms with Crippen molar-refractivity contribution in [3.63, 3.8) is 0 Å². The molecule has 112 valence electrons. The summed E-state index contributed by atoms with van der Waals surface area (Å²) in [6.45, 7) is -0.359. The minimum Gasteiger partial charge on any atom is -0.392 e. The van der Waals surface area contributed by atoms with E-state index in [4.69, 9.17) is 23.2 Å². The Morgan fingerprint density at radius 2 is 1.95 bits per heavy atom. The maximum absolute atomic E-state index is 12.4. The first kappa shape index (κ1) is 16.4. The number of benzene rings is 1. The molecule has 8 heteroatoms. The van der Waals surface area contributed by atoms with Gasteiger partial charge in [0.2, 0.25) is 10.0 Å². The van der Waals surface area contributed by atoms with Crippen LogP contribution in [-0.4, -0.2) is 31.1 Å². The average molecular weight is 356 g/mol. The van der Waals surface area contributed by atoms with Gasteiger partial charge in [0, 0.05) is 11.1 Å². The first-order valence-corrected chi connectivity index (χ1v) is 9.52. The van der Waals surface area contributed by atoms with Gasteiger partial charge in [-0.3, -0.25) is 0 Å². The Hall–Kier alpha value is 0.0200. The van der Waals surface area contributed by atoms with Gasteiger partial charge in [0.05, 0.1) is 11.6 Å². The van der Waals surface area contributed by atoms with Gasteiger partial charge < -0.3 is 5.11 Å². The third-order valence-electron chi connectivity index (χ3n) is 3.08. The van der Waals surface area contributed by atoms with Crippen molar-refractivity contribution in [2.75, 3.05) is 11.5 Å². The second kappa shape index (κ2) is 6.85. The predicted octanol–water partition coefficient (Wildman–Crippen LogP) is 2.66. The van der Waals surface area contributed by atoms with Crippen LogP contribution in [0.15, 0.2) is 17.0 Å². The van der Waals surface area contributed by atoms with Crippen molar-refractivity contribution in [1.29, 1.82) is 0 Å². The number of halogens is 2. The Bertz CT molecular complexity index is 587. The van der Waals surface area contributed by atoms with Crippen LogP contribution in [0, 0.1) is 0 Å². The number of hydrogen-bond donors (Lipinski definition) is 2. The molecule has 2 N–H and O–H groups in total. The lowest BCUT2D eigenvalue weighted by atomic mass is 10.2. The van der Waals surface area contributed by atoms with Crippen LogP contribution in [-0.2, 0) is 16.6 Å². The van der Waals surface area contributed by atoms with E-state index in [0.29, 0.717) is 5.56 Å². The second-order valence-corrected chi connectivity index (χ2v) is 8.26. The standard InChI is InChI=1S/C12H15Cl2NO3S2/c13-9-5-8(7-16)12(14)11(6-9)20(17,18)15-10-1-3-19-4-2-10/h5-6,10,15-16H,1-4,7H2. The number of hydrogen-bond acceptors (Lipinski definition) is 4. The van der Waals surface area contributed by atoms with Crippen LogP contribution in [0.25, 0.3) is 0 Å². The van der Waals surface area contributed by atoms with Crippen LogP contribution < -0.4 is 4.72 Å². The van der Waals surface area contributed by atoms with Gasteiger partial charge >= 0.3 is 0 Å². The van der Waals surface area contributed by atoms with Gasteiger partial charge in [-0.2, -0.15) is 11.8 Å². The first-order valence-electron chi connectivity index (χ1n) is 6.13. The van der Waals surface area contributed by atoms with E-state index in [-0.39, 0.29) is 27.6 Å². The van der Waals surface area contributed by atoms with Gasteiger partial charge in [0.25, 0.3) is 0 Å². The zero-order valence-electron chi connectivity index (χ0n) is 10.6. The summed E-state index contributed by atoms with van der Waals surface area (Å²) >= 11 is 13.7. The lowest BCUT2D eigenvalue weighted by Gasteiger charge is -2.23. The number of sulfonamides is 1. The molecule has 0 saturated carbocycles. The van der Waals surface area contributed by atoms with Gasteiger partial charge in [-0.05, 0) is 42.0 Å². The third-order valence-corrected chi connectivity index (χ3v) is 6.45. The first-order chi connectivity index (χ1) is 9.44. The van der Waals surface area contributed by atoms with Crippen molar-refractivity contribution in [3.05, 3.63) is 27.7 Å². The van der Waals surface area contributed by atoms with Gasteiger partial charge in [-0.1, -0.05) is 23.2 Å². The molecule has 0 spiro atoms. The fourth-order valence-corrected chi connectivity index (χ4v) is 5.36. The monoisotopic (exact) mass is 355 g/mol. The van der Waals surface area contributed by atoms with Crippen LogP contribution in [0.4, 0.5) is 0 Å². The Labute approximate surface area is 132 Å². The molecule has 1 aliphatic rings. The normalized spacial score (nSPS) is 17.4. The minimum atomic E-state index is -3.73. The van der Waals surface area contributed by atoms with E-state index in [9.17, 15) is 13.5 Å². The molecule has 0 bridgehead atoms. The highest BCUT2D eigenvalue weighted by Gasteiger charge is 2.25. The summed E-state index contributed by atoms with van der Waals surface area (Å²) in [4.78, 5) is -0.0751. The van der Waals surface area contributed by atoms with Crippen LogP contribution in [0.3, 0.4) is 0 Å². The summed E-state index contributed by atoms with van der Waals surface area (Å²) in [5, 5.41) is 9.45. The van der Waals surface area contributed by atoms with Crippen molar-refractivity contribution in [2.45, 2.75) is 30.4 Å². The molecule has 0 atom stereocenters. The molecule has 1 fully saturated rings. The van der Waals surface area contributed by atoms with Crippen molar-refractivity contribution in [3.8, 4) is 0 Å². The minimum absolute atomic E-state index is 0.0228. The Morgan fingerprint density at radius 3 is 2.55 bits per heavy atom. The number of rotatable bonds is 4. The van der Waals surface area contributed by atoms with E-state index in [2.05, 4.69) is 4.72 Å². The molecule has 1 aliphatic heterocycles. The van der Waals surface area contributed by atoms with Gasteiger partial charge in [0.15, 0.2) is 0 Å². The smallest absolute Gasteiger partial charge is 0.242 e. The predicted molar refractivity (Wildman–Crippen MR) is 83.1 cm³/mol. The molecule has 1 aromatic carbocycles. The molecule has 0 unspecified atom stereocenters. The second-order valence-electron chi connectivity index (χ2n) is 4.54. The SMILES string of the molecule is O=S(=O)(NC1CCSCC1)c1cc(Cl)cc(CO)c1Cl. The van der Waals surface area contributed by atoms with Crippen molar-refractivity contribution in [1.82, 2.24) is 4.72 Å². The lowest BCUT2D eigenvalue weighted by molar-refractivity contribution is 0.281. The summed E-state index contributed by atoms with van der Waals surface area (Å²) in [5.74, 6) is 1.89. The van der Waals surface area contributed by atoms with E-state index in [1.165, 1.54) is 12.1 Å². The molecular formula is C12H15Cl2NO3S2. The molecule has 0 aromatic heterocycles. The largest absolute Gasteiger partial charge is 0.392 e. The highest BCUT2D eigenvalue weighted by molar-refractivity contribution is 7.99. The molecule has 1 heterocycles. The summed E-state index contributed by atoms with van der Waals surface area (Å²) in [6, 6.07) is 2.69. The zero-order valence-corrected chi connectivity index (χ0v) is 13.7. The van der Waals surface area contributed by atoms with Gasteiger partial charge in [0.1, 0.15) is 4.90 Å². The van der Waals surface area contributed by atoms with E-state index < -0.39 is 10.0 Å². The van der Waals surface area contributed by atoms with E-state index in [0.717, 1.165) is 24.3 Å². The highest BCUT2D eigenvalue weighted by Crippen LogP contribution is 2.30. The van der Waals surface area contributed by atoms with Crippen LogP contribution in [0.5, 0.6) is 0 Å². The van der Waals surface area contributed by atoms with Gasteiger partial charge in [-0.15, -0.1) is 0 Å². The van der Waals surface area contributed by atoms with E-state index >= 15 is 0 Å². The van der Waals surface area contributed by atoms with Crippen molar-refractivity contribution in [2.24, 2.45) is 0 Å². The number of aliphatic hydroxyl groups is 1. The van der Waals surface area contributed by atoms with Crippen LogP contribution in [0.1, 0.15) is 18.4 Å². The summed E-state index contributed by atoms with van der Waals surface area (Å²) in [7, 11) is -3.73. The quantitative estimate of drug-likeness (QED) is 0.871. The molecule has 0 aliphatic carbocycles. The molecule has 20 heavy (non-hydrogen) atoms. The molecular weight excluding hydrogens is 341 g/mol. The number of thioether (sulfide) groups is 1. The molecule has 1 saturated heterocycles. The Kier molecular flexibility index (Phi) is 5.62. The number of aliphatic hydroxyl groups excluding tert-OH is 1. The molecule has 0 amide bonds.